The van der Waals surface area contributed by atoms with Crippen LogP contribution in [0.3, 0.4) is 0 Å². The molecule has 138 valence electrons. The second-order valence-corrected chi connectivity index (χ2v) is 8.84. The van der Waals surface area contributed by atoms with Crippen molar-refractivity contribution in [2.75, 3.05) is 16.8 Å². The number of carbonyl (C=O) groups is 1. The van der Waals surface area contributed by atoms with Crippen LogP contribution < -0.4 is 16.6 Å². The second kappa shape index (κ2) is 7.66. The molecule has 2 aromatic carbocycles. The first kappa shape index (κ1) is 17.9. The van der Waals surface area contributed by atoms with E-state index in [0.717, 1.165) is 21.6 Å². The zero-order valence-corrected chi connectivity index (χ0v) is 15.9. The molecule has 2 heterocycles. The van der Waals surface area contributed by atoms with Crippen LogP contribution in [0.4, 0.5) is 5.69 Å². The monoisotopic (exact) mass is 399 g/mol. The van der Waals surface area contributed by atoms with E-state index in [1.807, 2.05) is 41.7 Å². The molecule has 0 radical (unpaired) electrons. The summed E-state index contributed by atoms with van der Waals surface area (Å²) >= 11 is 3.78. The van der Waals surface area contributed by atoms with Crippen LogP contribution in [0.2, 0.25) is 0 Å². The number of rotatable bonds is 4. The first-order chi connectivity index (χ1) is 13.1. The largest absolute Gasteiger partial charge is 0.329 e. The fourth-order valence-electron chi connectivity index (χ4n) is 3.00. The van der Waals surface area contributed by atoms with Gasteiger partial charge < -0.3 is 10.3 Å². The van der Waals surface area contributed by atoms with Gasteiger partial charge in [0.2, 0.25) is 5.91 Å². The minimum Gasteiger partial charge on any atom is -0.325 e. The van der Waals surface area contributed by atoms with Crippen molar-refractivity contribution >= 4 is 46.0 Å². The SMILES string of the molecule is O=C(Cn1c(=O)[nH]c2ccccc2c1=O)Nc1cccc(C2SCCS2)c1. The van der Waals surface area contributed by atoms with Crippen LogP contribution in [-0.2, 0) is 11.3 Å². The molecule has 1 aliphatic heterocycles. The Balaban J connectivity index is 1.55. The number of hydrogen-bond acceptors (Lipinski definition) is 5. The van der Waals surface area contributed by atoms with Gasteiger partial charge in [0.05, 0.1) is 15.5 Å². The van der Waals surface area contributed by atoms with Crippen molar-refractivity contribution in [3.8, 4) is 0 Å². The molecule has 1 fully saturated rings. The number of aromatic nitrogens is 2. The average Bonchev–Trinajstić information content (AvgIpc) is 3.20. The molecule has 0 saturated carbocycles. The van der Waals surface area contributed by atoms with Gasteiger partial charge in [-0.1, -0.05) is 24.3 Å². The Bertz CT molecular complexity index is 1120. The van der Waals surface area contributed by atoms with Crippen LogP contribution >= 0.6 is 23.5 Å². The third-order valence-corrected chi connectivity index (χ3v) is 7.36. The number of benzene rings is 2. The first-order valence-corrected chi connectivity index (χ1v) is 10.6. The molecular formula is C19H17N3O3S2. The summed E-state index contributed by atoms with van der Waals surface area (Å²) < 4.78 is 1.30. The molecule has 27 heavy (non-hydrogen) atoms. The summed E-state index contributed by atoms with van der Waals surface area (Å²) in [7, 11) is 0. The maximum absolute atomic E-state index is 12.5. The van der Waals surface area contributed by atoms with Gasteiger partial charge in [-0.2, -0.15) is 0 Å². The lowest BCUT2D eigenvalue weighted by Crippen LogP contribution is -2.38. The average molecular weight is 399 g/mol. The number of nitrogens with one attached hydrogen (secondary N) is 2. The highest BCUT2D eigenvalue weighted by Gasteiger charge is 2.18. The summed E-state index contributed by atoms with van der Waals surface area (Å²) in [4.78, 5) is 39.8. The van der Waals surface area contributed by atoms with Gasteiger partial charge in [-0.05, 0) is 29.8 Å². The number of H-pyrrole nitrogens is 1. The Morgan fingerprint density at radius 2 is 1.89 bits per heavy atom. The van der Waals surface area contributed by atoms with Crippen molar-refractivity contribution in [2.24, 2.45) is 0 Å². The van der Waals surface area contributed by atoms with E-state index in [1.165, 1.54) is 0 Å². The van der Waals surface area contributed by atoms with E-state index in [-0.39, 0.29) is 6.54 Å². The van der Waals surface area contributed by atoms with Crippen LogP contribution in [0.1, 0.15) is 10.1 Å². The third kappa shape index (κ3) is 3.81. The van der Waals surface area contributed by atoms with E-state index in [0.29, 0.717) is 21.2 Å². The van der Waals surface area contributed by atoms with Gasteiger partial charge in [0, 0.05) is 17.2 Å². The number of carbonyl (C=O) groups excluding carboxylic acids is 1. The molecule has 1 amide bonds. The summed E-state index contributed by atoms with van der Waals surface area (Å²) in [5.74, 6) is 1.83. The van der Waals surface area contributed by atoms with Gasteiger partial charge in [0.25, 0.3) is 5.56 Å². The molecule has 1 aliphatic rings. The first-order valence-electron chi connectivity index (χ1n) is 8.47. The minimum absolute atomic E-state index is 0.337. The second-order valence-electron chi connectivity index (χ2n) is 6.11. The molecule has 3 aromatic rings. The third-order valence-electron chi connectivity index (χ3n) is 4.26. The highest BCUT2D eigenvalue weighted by atomic mass is 32.2. The van der Waals surface area contributed by atoms with Gasteiger partial charge in [-0.15, -0.1) is 23.5 Å². The fourth-order valence-corrected chi connectivity index (χ4v) is 5.84. The van der Waals surface area contributed by atoms with Crippen molar-refractivity contribution in [1.29, 1.82) is 0 Å². The number of aromatic amines is 1. The Morgan fingerprint density at radius 1 is 1.11 bits per heavy atom. The van der Waals surface area contributed by atoms with Crippen LogP contribution in [-0.4, -0.2) is 27.0 Å². The topological polar surface area (TPSA) is 84.0 Å². The number of nitrogens with zero attached hydrogens (tertiary/aromatic N) is 1. The number of anilines is 1. The molecule has 0 aliphatic carbocycles. The highest BCUT2D eigenvalue weighted by Crippen LogP contribution is 2.45. The number of para-hydroxylation sites is 1. The van der Waals surface area contributed by atoms with Crippen molar-refractivity contribution < 1.29 is 4.79 Å². The maximum atomic E-state index is 12.5. The van der Waals surface area contributed by atoms with E-state index in [9.17, 15) is 14.4 Å². The molecule has 2 N–H and O–H groups in total. The molecule has 0 atom stereocenters. The van der Waals surface area contributed by atoms with Gasteiger partial charge in [0.15, 0.2) is 0 Å². The Hall–Kier alpha value is -2.45. The Kier molecular flexibility index (Phi) is 5.09. The summed E-state index contributed by atoms with van der Waals surface area (Å²) in [6.07, 6.45) is 0. The van der Waals surface area contributed by atoms with Gasteiger partial charge in [-0.25, -0.2) is 4.79 Å². The maximum Gasteiger partial charge on any atom is 0.329 e. The van der Waals surface area contributed by atoms with E-state index in [2.05, 4.69) is 10.3 Å². The predicted molar refractivity (Wildman–Crippen MR) is 112 cm³/mol. The highest BCUT2D eigenvalue weighted by molar-refractivity contribution is 8.19. The minimum atomic E-state index is -0.596. The molecule has 1 aromatic heterocycles. The lowest BCUT2D eigenvalue weighted by molar-refractivity contribution is -0.116. The van der Waals surface area contributed by atoms with Crippen LogP contribution in [0, 0.1) is 0 Å². The molecule has 0 bridgehead atoms. The molecule has 6 nitrogen and oxygen atoms in total. The molecule has 0 unspecified atom stereocenters. The molecule has 0 spiro atoms. The molecular weight excluding hydrogens is 382 g/mol. The number of thioether (sulfide) groups is 2. The number of hydrogen-bond donors (Lipinski definition) is 2. The van der Waals surface area contributed by atoms with Crippen LogP contribution in [0.25, 0.3) is 10.9 Å². The quantitative estimate of drug-likeness (QED) is 0.705. The lowest BCUT2D eigenvalue weighted by Gasteiger charge is -2.11. The van der Waals surface area contributed by atoms with E-state index in [1.54, 1.807) is 30.3 Å². The normalized spacial score (nSPS) is 14.5. The summed E-state index contributed by atoms with van der Waals surface area (Å²) in [6.45, 7) is -0.337. The van der Waals surface area contributed by atoms with Crippen molar-refractivity contribution in [1.82, 2.24) is 9.55 Å². The Labute approximate surface area is 163 Å². The Morgan fingerprint density at radius 3 is 2.70 bits per heavy atom. The predicted octanol–water partition coefficient (Wildman–Crippen LogP) is 2.81. The van der Waals surface area contributed by atoms with E-state index < -0.39 is 17.2 Å². The molecule has 4 rings (SSSR count). The van der Waals surface area contributed by atoms with Crippen molar-refractivity contribution in [2.45, 2.75) is 11.1 Å². The van der Waals surface area contributed by atoms with E-state index in [4.69, 9.17) is 0 Å². The van der Waals surface area contributed by atoms with Crippen molar-refractivity contribution in [3.63, 3.8) is 0 Å². The summed E-state index contributed by atoms with van der Waals surface area (Å²) in [5, 5.41) is 3.16. The van der Waals surface area contributed by atoms with Crippen molar-refractivity contribution in [3.05, 3.63) is 74.9 Å². The fraction of sp³-hybridized carbons (Fsp3) is 0.211. The van der Waals surface area contributed by atoms with Gasteiger partial charge in [-0.3, -0.25) is 14.2 Å². The summed E-state index contributed by atoms with van der Waals surface area (Å²) in [5.41, 5.74) is 1.21. The number of fused-ring (bicyclic) bond motifs is 1. The molecule has 1 saturated heterocycles. The molecule has 8 heteroatoms. The van der Waals surface area contributed by atoms with Gasteiger partial charge in [0.1, 0.15) is 6.54 Å². The van der Waals surface area contributed by atoms with Crippen LogP contribution in [0.5, 0.6) is 0 Å². The number of amides is 1. The lowest BCUT2D eigenvalue weighted by atomic mass is 10.2. The summed E-state index contributed by atoms with van der Waals surface area (Å²) in [6, 6.07) is 14.4. The standard InChI is InChI=1S/C19H17N3O3S2/c23-16(20-13-5-3-4-12(10-13)18-26-8-9-27-18)11-22-17(24)14-6-1-2-7-15(14)21-19(22)25/h1-7,10,18H,8-9,11H2,(H,20,23)(H,21,25). The smallest absolute Gasteiger partial charge is 0.325 e. The van der Waals surface area contributed by atoms with Gasteiger partial charge >= 0.3 is 5.69 Å². The zero-order chi connectivity index (χ0) is 18.8. The van der Waals surface area contributed by atoms with Crippen LogP contribution in [0.15, 0.2) is 58.1 Å². The van der Waals surface area contributed by atoms with E-state index >= 15 is 0 Å². The zero-order valence-electron chi connectivity index (χ0n) is 14.3.